The molecule has 27 heavy (non-hydrogen) atoms. The van der Waals surface area contributed by atoms with E-state index in [1.54, 1.807) is 11.3 Å². The summed E-state index contributed by atoms with van der Waals surface area (Å²) < 4.78 is 3.19. The number of pyridine rings is 1. The fourth-order valence-corrected chi connectivity index (χ4v) is 4.33. The lowest BCUT2D eigenvalue weighted by Crippen LogP contribution is -2.48. The number of piperazine rings is 1. The molecule has 0 radical (unpaired) electrons. The second-order valence-electron chi connectivity index (χ2n) is 6.78. The lowest BCUT2D eigenvalue weighted by Gasteiger charge is -2.34. The molecular weight excluding hydrogens is 358 g/mol. The first-order valence-electron chi connectivity index (χ1n) is 9.04. The van der Waals surface area contributed by atoms with Crippen LogP contribution in [-0.4, -0.2) is 56.3 Å². The minimum Gasteiger partial charge on any atom is -0.336 e. The number of nitrogens with zero attached hydrogens (tertiary/aromatic N) is 5. The highest BCUT2D eigenvalue weighted by Crippen LogP contribution is 2.20. The van der Waals surface area contributed by atoms with Crippen LogP contribution in [0.3, 0.4) is 0 Å². The number of hydrogen-bond donors (Lipinski definition) is 0. The molecule has 0 spiro atoms. The van der Waals surface area contributed by atoms with E-state index in [0.717, 1.165) is 54.2 Å². The molecule has 5 rings (SSSR count). The molecule has 6 nitrogen and oxygen atoms in total. The number of carbonyl (C=O) groups is 1. The number of thiazole rings is 1. The number of rotatable bonds is 3. The molecule has 1 fully saturated rings. The second kappa shape index (κ2) is 6.75. The maximum absolute atomic E-state index is 12.8. The average Bonchev–Trinajstić information content (AvgIpc) is 3.35. The van der Waals surface area contributed by atoms with Crippen LogP contribution in [0.1, 0.15) is 16.1 Å². The molecule has 0 unspecified atom stereocenters. The molecular formula is C20H19N5OS. The van der Waals surface area contributed by atoms with E-state index in [2.05, 4.69) is 19.3 Å². The molecule has 7 heteroatoms. The van der Waals surface area contributed by atoms with Crippen molar-refractivity contribution in [3.63, 3.8) is 0 Å². The van der Waals surface area contributed by atoms with Crippen LogP contribution in [-0.2, 0) is 6.54 Å². The smallest absolute Gasteiger partial charge is 0.253 e. The van der Waals surface area contributed by atoms with Crippen LogP contribution in [0, 0.1) is 0 Å². The van der Waals surface area contributed by atoms with Crippen molar-refractivity contribution in [1.29, 1.82) is 0 Å². The van der Waals surface area contributed by atoms with Gasteiger partial charge in [0.2, 0.25) is 0 Å². The lowest BCUT2D eigenvalue weighted by atomic mass is 10.1. The largest absolute Gasteiger partial charge is 0.336 e. The Labute approximate surface area is 160 Å². The summed E-state index contributed by atoms with van der Waals surface area (Å²) in [6.45, 7) is 4.08. The normalized spacial score (nSPS) is 15.6. The van der Waals surface area contributed by atoms with Crippen molar-refractivity contribution in [1.82, 2.24) is 24.2 Å². The Morgan fingerprint density at radius 3 is 2.85 bits per heavy atom. The zero-order valence-corrected chi connectivity index (χ0v) is 15.6. The first kappa shape index (κ1) is 16.4. The Kier molecular flexibility index (Phi) is 4.10. The quantitative estimate of drug-likeness (QED) is 0.551. The molecule has 0 atom stereocenters. The van der Waals surface area contributed by atoms with Crippen molar-refractivity contribution >= 4 is 33.1 Å². The third-order valence-corrected chi connectivity index (χ3v) is 5.91. The van der Waals surface area contributed by atoms with Crippen LogP contribution < -0.4 is 0 Å². The van der Waals surface area contributed by atoms with E-state index in [1.807, 2.05) is 59.2 Å². The summed E-state index contributed by atoms with van der Waals surface area (Å²) in [4.78, 5) is 25.9. The molecule has 1 aliphatic heterocycles. The van der Waals surface area contributed by atoms with Crippen molar-refractivity contribution in [2.24, 2.45) is 0 Å². The summed E-state index contributed by atoms with van der Waals surface area (Å²) in [6, 6.07) is 11.8. The first-order valence-corrected chi connectivity index (χ1v) is 9.92. The number of carbonyl (C=O) groups excluding carboxylic acids is 1. The van der Waals surface area contributed by atoms with Crippen molar-refractivity contribution in [3.8, 4) is 0 Å². The van der Waals surface area contributed by atoms with E-state index >= 15 is 0 Å². The minimum atomic E-state index is 0.111. The molecule has 1 saturated heterocycles. The van der Waals surface area contributed by atoms with E-state index in [9.17, 15) is 4.79 Å². The predicted octanol–water partition coefficient (Wildman–Crippen LogP) is 2.90. The van der Waals surface area contributed by atoms with E-state index in [1.165, 1.54) is 5.69 Å². The molecule has 3 aromatic heterocycles. The molecule has 4 heterocycles. The molecule has 1 amide bonds. The number of amides is 1. The zero-order valence-electron chi connectivity index (χ0n) is 14.8. The van der Waals surface area contributed by atoms with E-state index in [4.69, 9.17) is 0 Å². The number of imidazole rings is 1. The van der Waals surface area contributed by atoms with Gasteiger partial charge in [-0.1, -0.05) is 6.07 Å². The van der Waals surface area contributed by atoms with Crippen molar-refractivity contribution in [3.05, 3.63) is 65.6 Å². The highest BCUT2D eigenvalue weighted by Gasteiger charge is 2.23. The molecule has 4 aromatic rings. The van der Waals surface area contributed by atoms with Crippen molar-refractivity contribution < 1.29 is 4.79 Å². The molecule has 0 saturated carbocycles. The number of benzene rings is 1. The van der Waals surface area contributed by atoms with Gasteiger partial charge >= 0.3 is 0 Å². The van der Waals surface area contributed by atoms with Gasteiger partial charge in [-0.2, -0.15) is 0 Å². The predicted molar refractivity (Wildman–Crippen MR) is 106 cm³/mol. The third kappa shape index (κ3) is 3.09. The van der Waals surface area contributed by atoms with Crippen molar-refractivity contribution in [2.75, 3.05) is 26.2 Å². The third-order valence-electron chi connectivity index (χ3n) is 5.12. The summed E-state index contributed by atoms with van der Waals surface area (Å²) >= 11 is 1.57. The van der Waals surface area contributed by atoms with Gasteiger partial charge in [0.25, 0.3) is 5.91 Å². The van der Waals surface area contributed by atoms with Crippen LogP contribution >= 0.6 is 11.3 Å². The Hall–Kier alpha value is -2.77. The Bertz CT molecular complexity index is 1110. The van der Waals surface area contributed by atoms with Gasteiger partial charge in [0.05, 0.1) is 27.6 Å². The van der Waals surface area contributed by atoms with Gasteiger partial charge in [-0.3, -0.25) is 9.69 Å². The summed E-state index contributed by atoms with van der Waals surface area (Å²) in [5, 5.41) is 0. The van der Waals surface area contributed by atoms with E-state index in [0.29, 0.717) is 0 Å². The monoisotopic (exact) mass is 377 g/mol. The van der Waals surface area contributed by atoms with Gasteiger partial charge < -0.3 is 9.30 Å². The maximum atomic E-state index is 12.8. The fourth-order valence-electron chi connectivity index (χ4n) is 3.61. The molecule has 0 aliphatic carbocycles. The number of hydrogen-bond acceptors (Lipinski definition) is 5. The van der Waals surface area contributed by atoms with Gasteiger partial charge in [-0.15, -0.1) is 11.3 Å². The molecule has 0 N–H and O–H groups in total. The van der Waals surface area contributed by atoms with Crippen molar-refractivity contribution in [2.45, 2.75) is 6.54 Å². The van der Waals surface area contributed by atoms with Gasteiger partial charge in [0.15, 0.2) is 0 Å². The minimum absolute atomic E-state index is 0.111. The van der Waals surface area contributed by atoms with Gasteiger partial charge in [-0.05, 0) is 30.3 Å². The molecule has 136 valence electrons. The van der Waals surface area contributed by atoms with Gasteiger partial charge in [0, 0.05) is 44.5 Å². The van der Waals surface area contributed by atoms with E-state index < -0.39 is 0 Å². The molecule has 0 bridgehead atoms. The molecule has 1 aliphatic rings. The van der Waals surface area contributed by atoms with Crippen LogP contribution in [0.25, 0.3) is 15.9 Å². The lowest BCUT2D eigenvalue weighted by molar-refractivity contribution is 0.0627. The fraction of sp³-hybridized carbons (Fsp3) is 0.250. The topological polar surface area (TPSA) is 53.7 Å². The van der Waals surface area contributed by atoms with Gasteiger partial charge in [-0.25, -0.2) is 9.97 Å². The maximum Gasteiger partial charge on any atom is 0.253 e. The average molecular weight is 377 g/mol. The highest BCUT2D eigenvalue weighted by atomic mass is 32.1. The Morgan fingerprint density at radius 2 is 1.96 bits per heavy atom. The van der Waals surface area contributed by atoms with Gasteiger partial charge in [0.1, 0.15) is 5.65 Å². The van der Waals surface area contributed by atoms with Crippen LogP contribution in [0.4, 0.5) is 0 Å². The number of fused-ring (bicyclic) bond motifs is 2. The second-order valence-corrected chi connectivity index (χ2v) is 7.67. The summed E-state index contributed by atoms with van der Waals surface area (Å²) in [5.74, 6) is 0.111. The summed E-state index contributed by atoms with van der Waals surface area (Å²) in [7, 11) is 0. The Balaban J connectivity index is 1.25. The van der Waals surface area contributed by atoms with Crippen LogP contribution in [0.5, 0.6) is 0 Å². The van der Waals surface area contributed by atoms with Crippen LogP contribution in [0.2, 0.25) is 0 Å². The SMILES string of the molecule is O=C(c1ccc2ncsc2c1)N1CCN(Cc2cnc3ccccn23)CC1. The summed E-state index contributed by atoms with van der Waals surface area (Å²) in [5.41, 5.74) is 5.68. The van der Waals surface area contributed by atoms with E-state index in [-0.39, 0.29) is 5.91 Å². The van der Waals surface area contributed by atoms with Crippen LogP contribution in [0.15, 0.2) is 54.3 Å². The first-order chi connectivity index (χ1) is 13.3. The summed E-state index contributed by atoms with van der Waals surface area (Å²) in [6.07, 6.45) is 3.99. The Morgan fingerprint density at radius 1 is 1.07 bits per heavy atom. The highest BCUT2D eigenvalue weighted by molar-refractivity contribution is 7.16. The zero-order chi connectivity index (χ0) is 18.2. The molecule has 1 aromatic carbocycles. The number of aromatic nitrogens is 3. The standard InChI is InChI=1S/C20H19N5OS/c26-20(15-4-5-17-18(11-15)27-14-22-17)24-9-7-23(8-10-24)13-16-12-21-19-3-1-2-6-25(16)19/h1-6,11-12,14H,7-10,13H2.